The zero-order valence-electron chi connectivity index (χ0n) is 22.0. The van der Waals surface area contributed by atoms with E-state index in [1.807, 2.05) is 40.1 Å². The fraction of sp³-hybridized carbons (Fsp3) is 0.419. The SMILES string of the molecule is CC(=O)N1CC[C@@H]2CC[C@H](CN(C(=O)c3cnc(C4CC4)nc3)Cc3ccccc31)N2Cc1ccccc1. The smallest absolute Gasteiger partial charge is 0.257 e. The van der Waals surface area contributed by atoms with Crippen LogP contribution >= 0.6 is 0 Å². The molecule has 3 aromatic rings. The van der Waals surface area contributed by atoms with Crippen LogP contribution < -0.4 is 4.90 Å². The average Bonchev–Trinajstić information content (AvgIpc) is 3.72. The summed E-state index contributed by atoms with van der Waals surface area (Å²) in [5.41, 5.74) is 3.67. The van der Waals surface area contributed by atoms with Crippen LogP contribution in [0.4, 0.5) is 5.69 Å². The summed E-state index contributed by atoms with van der Waals surface area (Å²) in [4.78, 5) is 42.2. The highest BCUT2D eigenvalue weighted by molar-refractivity contribution is 5.94. The summed E-state index contributed by atoms with van der Waals surface area (Å²) in [5, 5.41) is 0. The Bertz CT molecular complexity index is 1290. The summed E-state index contributed by atoms with van der Waals surface area (Å²) in [6, 6.07) is 19.1. The summed E-state index contributed by atoms with van der Waals surface area (Å²) < 4.78 is 0. The van der Waals surface area contributed by atoms with E-state index in [1.165, 1.54) is 5.56 Å². The molecule has 2 fully saturated rings. The third kappa shape index (κ3) is 5.20. The van der Waals surface area contributed by atoms with Crippen LogP contribution in [0, 0.1) is 0 Å². The molecular formula is C31H35N5O2. The lowest BCUT2D eigenvalue weighted by atomic mass is 10.1. The van der Waals surface area contributed by atoms with Gasteiger partial charge < -0.3 is 9.80 Å². The van der Waals surface area contributed by atoms with Crippen molar-refractivity contribution < 1.29 is 9.59 Å². The monoisotopic (exact) mass is 509 g/mol. The van der Waals surface area contributed by atoms with Gasteiger partial charge in [-0.05, 0) is 49.3 Å². The number of rotatable bonds is 4. The van der Waals surface area contributed by atoms with Gasteiger partial charge in [0.05, 0.1) is 5.56 Å². The van der Waals surface area contributed by atoms with Gasteiger partial charge in [-0.25, -0.2) is 9.97 Å². The summed E-state index contributed by atoms with van der Waals surface area (Å²) in [6.45, 7) is 4.20. The standard InChI is InChI=1S/C31H35N5O2/c1-22(37)35-16-15-27-13-14-28(36(27)19-23-7-3-2-4-8-23)21-34(20-25-9-5-6-10-29(25)35)31(38)26-17-32-30(33-18-26)24-11-12-24/h2-10,17-18,24,27-28H,11-16,19-21H2,1H3/t27-,28+/m0/s1. The first kappa shape index (κ1) is 24.7. The Morgan fingerprint density at radius 2 is 1.58 bits per heavy atom. The molecule has 3 aliphatic rings. The molecule has 196 valence electrons. The Labute approximate surface area is 224 Å². The molecule has 2 aromatic carbocycles. The van der Waals surface area contributed by atoms with E-state index >= 15 is 0 Å². The van der Waals surface area contributed by atoms with Gasteiger partial charge in [0.25, 0.3) is 5.91 Å². The summed E-state index contributed by atoms with van der Waals surface area (Å²) in [6.07, 6.45) is 8.64. The Morgan fingerprint density at radius 1 is 0.868 bits per heavy atom. The van der Waals surface area contributed by atoms with Gasteiger partial charge >= 0.3 is 0 Å². The molecular weight excluding hydrogens is 474 g/mol. The number of aromatic nitrogens is 2. The summed E-state index contributed by atoms with van der Waals surface area (Å²) in [5.74, 6) is 1.26. The van der Waals surface area contributed by atoms with Crippen LogP contribution in [0.2, 0.25) is 0 Å². The third-order valence-corrected chi connectivity index (χ3v) is 8.27. The Kier molecular flexibility index (Phi) is 6.94. The summed E-state index contributed by atoms with van der Waals surface area (Å²) >= 11 is 0. The molecule has 0 N–H and O–H groups in total. The largest absolute Gasteiger partial charge is 0.333 e. The van der Waals surface area contributed by atoms with Gasteiger partial charge in [-0.15, -0.1) is 0 Å². The van der Waals surface area contributed by atoms with Crippen molar-refractivity contribution in [2.24, 2.45) is 0 Å². The first-order chi connectivity index (χ1) is 18.6. The van der Waals surface area contributed by atoms with Crippen molar-refractivity contribution in [1.29, 1.82) is 0 Å². The number of hydrogen-bond acceptors (Lipinski definition) is 5. The molecule has 1 saturated carbocycles. The summed E-state index contributed by atoms with van der Waals surface area (Å²) in [7, 11) is 0. The maximum atomic E-state index is 14.0. The maximum absolute atomic E-state index is 14.0. The van der Waals surface area contributed by atoms with Crippen molar-refractivity contribution in [3.05, 3.63) is 89.5 Å². The number of amides is 2. The molecule has 7 heteroatoms. The normalized spacial score (nSPS) is 22.0. The molecule has 0 spiro atoms. The maximum Gasteiger partial charge on any atom is 0.257 e. The Balaban J connectivity index is 1.36. The van der Waals surface area contributed by atoms with Crippen LogP contribution in [0.3, 0.4) is 0 Å². The van der Waals surface area contributed by atoms with Gasteiger partial charge in [0.2, 0.25) is 5.91 Å². The fourth-order valence-corrected chi connectivity index (χ4v) is 6.07. The molecule has 0 unspecified atom stereocenters. The molecule has 1 saturated heterocycles. The van der Waals surface area contributed by atoms with Gasteiger partial charge in [0, 0.05) is 69.2 Å². The quantitative estimate of drug-likeness (QED) is 0.506. The van der Waals surface area contributed by atoms with Crippen molar-refractivity contribution in [1.82, 2.24) is 19.8 Å². The number of anilines is 1. The first-order valence-electron chi connectivity index (χ1n) is 13.8. The number of nitrogens with zero attached hydrogens (tertiary/aromatic N) is 5. The van der Waals surface area contributed by atoms with Crippen LogP contribution in [0.15, 0.2) is 67.0 Å². The van der Waals surface area contributed by atoms with Crippen molar-refractivity contribution in [2.45, 2.75) is 70.1 Å². The van der Waals surface area contributed by atoms with Crippen molar-refractivity contribution >= 4 is 17.5 Å². The van der Waals surface area contributed by atoms with Crippen molar-refractivity contribution in [3.8, 4) is 0 Å². The highest BCUT2D eigenvalue weighted by atomic mass is 16.2. The number of para-hydroxylation sites is 1. The molecule has 2 bridgehead atoms. The molecule has 1 aliphatic carbocycles. The topological polar surface area (TPSA) is 69.6 Å². The second kappa shape index (κ2) is 10.7. The van der Waals surface area contributed by atoms with Gasteiger partial charge in [0.1, 0.15) is 5.82 Å². The van der Waals surface area contributed by atoms with E-state index in [-0.39, 0.29) is 17.9 Å². The van der Waals surface area contributed by atoms with E-state index in [9.17, 15) is 9.59 Å². The van der Waals surface area contributed by atoms with Crippen LogP contribution in [-0.4, -0.2) is 56.8 Å². The minimum atomic E-state index is -0.0566. The number of benzene rings is 2. The minimum absolute atomic E-state index is 0.0304. The lowest BCUT2D eigenvalue weighted by Crippen LogP contribution is -2.45. The zero-order valence-corrected chi connectivity index (χ0v) is 22.0. The molecule has 38 heavy (non-hydrogen) atoms. The van der Waals surface area contributed by atoms with Crippen LogP contribution in [0.1, 0.15) is 72.3 Å². The predicted molar refractivity (Wildman–Crippen MR) is 147 cm³/mol. The lowest BCUT2D eigenvalue weighted by molar-refractivity contribution is -0.116. The molecule has 2 amide bonds. The van der Waals surface area contributed by atoms with Crippen molar-refractivity contribution in [3.63, 3.8) is 0 Å². The predicted octanol–water partition coefficient (Wildman–Crippen LogP) is 4.79. The third-order valence-electron chi connectivity index (χ3n) is 8.27. The Morgan fingerprint density at radius 3 is 2.32 bits per heavy atom. The second-order valence-electron chi connectivity index (χ2n) is 10.9. The molecule has 2 aliphatic heterocycles. The van der Waals surface area contributed by atoms with E-state index in [2.05, 4.69) is 39.1 Å². The lowest BCUT2D eigenvalue weighted by Gasteiger charge is -2.34. The zero-order chi connectivity index (χ0) is 26.1. The molecule has 3 heterocycles. The number of carbonyl (C=O) groups is 2. The molecule has 1 aromatic heterocycles. The van der Waals surface area contributed by atoms with E-state index in [0.717, 1.165) is 55.7 Å². The molecule has 2 atom stereocenters. The Hall–Kier alpha value is -3.58. The van der Waals surface area contributed by atoms with E-state index < -0.39 is 0 Å². The highest BCUT2D eigenvalue weighted by Crippen LogP contribution is 2.38. The number of fused-ring (bicyclic) bond motifs is 3. The minimum Gasteiger partial charge on any atom is -0.333 e. The molecule has 6 rings (SSSR count). The van der Waals surface area contributed by atoms with Gasteiger partial charge in [-0.2, -0.15) is 0 Å². The number of hydrogen-bond donors (Lipinski definition) is 0. The average molecular weight is 510 g/mol. The fourth-order valence-electron chi connectivity index (χ4n) is 6.07. The van der Waals surface area contributed by atoms with Gasteiger partial charge in [0.15, 0.2) is 0 Å². The first-order valence-corrected chi connectivity index (χ1v) is 13.8. The molecule has 7 nitrogen and oxygen atoms in total. The van der Waals surface area contributed by atoms with Crippen LogP contribution in [-0.2, 0) is 17.9 Å². The molecule has 0 radical (unpaired) electrons. The second-order valence-corrected chi connectivity index (χ2v) is 10.9. The van der Waals surface area contributed by atoms with E-state index in [1.54, 1.807) is 19.3 Å². The number of carbonyl (C=O) groups excluding carboxylic acids is 2. The van der Waals surface area contributed by atoms with Gasteiger partial charge in [-0.1, -0.05) is 48.5 Å². The van der Waals surface area contributed by atoms with E-state index in [0.29, 0.717) is 37.2 Å². The van der Waals surface area contributed by atoms with Crippen LogP contribution in [0.25, 0.3) is 0 Å². The van der Waals surface area contributed by atoms with E-state index in [4.69, 9.17) is 0 Å². The van der Waals surface area contributed by atoms with Crippen LogP contribution in [0.5, 0.6) is 0 Å². The van der Waals surface area contributed by atoms with Gasteiger partial charge in [-0.3, -0.25) is 14.5 Å². The highest BCUT2D eigenvalue weighted by Gasteiger charge is 2.37. The van der Waals surface area contributed by atoms with Crippen molar-refractivity contribution in [2.75, 3.05) is 18.0 Å².